The van der Waals surface area contributed by atoms with Gasteiger partial charge in [0.25, 0.3) is 5.91 Å². The average molecular weight is 290 g/mol. The van der Waals surface area contributed by atoms with Crippen molar-refractivity contribution >= 4 is 21.8 Å². The molecule has 2 N–H and O–H groups in total. The summed E-state index contributed by atoms with van der Waals surface area (Å²) in [5.74, 6) is -0.238. The Bertz CT molecular complexity index is 350. The summed E-state index contributed by atoms with van der Waals surface area (Å²) in [7, 11) is 0. The maximum atomic E-state index is 11.9. The molecule has 1 aromatic rings. The van der Waals surface area contributed by atoms with Gasteiger partial charge in [0.15, 0.2) is 4.67 Å². The first-order valence-corrected chi connectivity index (χ1v) is 6.04. The van der Waals surface area contributed by atoms with Crippen LogP contribution in [0.4, 0.5) is 0 Å². The van der Waals surface area contributed by atoms with Gasteiger partial charge in [-0.2, -0.15) is 0 Å². The standard InChI is InChI=1S/C11H16BrNO3/c1-3-11(4-2,7-14)13-10(15)8-5-6-16-9(8)12/h5-6,14H,3-4,7H2,1-2H3,(H,13,15). The first kappa shape index (κ1) is 13.3. The van der Waals surface area contributed by atoms with Crippen LogP contribution in [-0.2, 0) is 0 Å². The smallest absolute Gasteiger partial charge is 0.256 e. The SMILES string of the molecule is CCC(CC)(CO)NC(=O)c1ccoc1Br. The van der Waals surface area contributed by atoms with E-state index in [1.807, 2.05) is 13.8 Å². The lowest BCUT2D eigenvalue weighted by Gasteiger charge is -2.30. The Balaban J connectivity index is 2.81. The molecule has 0 radical (unpaired) electrons. The second-order valence-electron chi connectivity index (χ2n) is 3.71. The first-order valence-electron chi connectivity index (χ1n) is 5.25. The summed E-state index contributed by atoms with van der Waals surface area (Å²) in [6, 6.07) is 1.59. The van der Waals surface area contributed by atoms with E-state index in [4.69, 9.17) is 4.42 Å². The molecule has 0 spiro atoms. The number of nitrogens with one attached hydrogen (secondary N) is 1. The molecule has 90 valence electrons. The van der Waals surface area contributed by atoms with E-state index in [0.29, 0.717) is 23.1 Å². The number of carbonyl (C=O) groups is 1. The van der Waals surface area contributed by atoms with Crippen molar-refractivity contribution in [1.82, 2.24) is 5.32 Å². The van der Waals surface area contributed by atoms with Crippen LogP contribution < -0.4 is 5.32 Å². The summed E-state index contributed by atoms with van der Waals surface area (Å²) in [6.07, 6.45) is 2.81. The Labute approximate surface area is 103 Å². The summed E-state index contributed by atoms with van der Waals surface area (Å²) in [6.45, 7) is 3.80. The van der Waals surface area contributed by atoms with Crippen LogP contribution in [0, 0.1) is 0 Å². The Morgan fingerprint density at radius 2 is 2.19 bits per heavy atom. The van der Waals surface area contributed by atoms with Crippen molar-refractivity contribution in [2.24, 2.45) is 0 Å². The van der Waals surface area contributed by atoms with Crippen LogP contribution in [0.15, 0.2) is 21.4 Å². The van der Waals surface area contributed by atoms with Crippen LogP contribution in [0.3, 0.4) is 0 Å². The van der Waals surface area contributed by atoms with Crippen molar-refractivity contribution in [1.29, 1.82) is 0 Å². The Kier molecular flexibility index (Phi) is 4.56. The molecule has 0 saturated carbocycles. The fourth-order valence-corrected chi connectivity index (χ4v) is 1.87. The van der Waals surface area contributed by atoms with Gasteiger partial charge in [-0.05, 0) is 34.8 Å². The van der Waals surface area contributed by atoms with Crippen molar-refractivity contribution in [3.05, 3.63) is 22.6 Å². The lowest BCUT2D eigenvalue weighted by molar-refractivity contribution is 0.0816. The van der Waals surface area contributed by atoms with Gasteiger partial charge in [0, 0.05) is 0 Å². The molecule has 1 heterocycles. The van der Waals surface area contributed by atoms with Gasteiger partial charge >= 0.3 is 0 Å². The Hall–Kier alpha value is -0.810. The van der Waals surface area contributed by atoms with Gasteiger partial charge in [-0.1, -0.05) is 13.8 Å². The number of rotatable bonds is 5. The summed E-state index contributed by atoms with van der Waals surface area (Å²) in [5.41, 5.74) is -0.104. The molecule has 0 aliphatic rings. The minimum atomic E-state index is -0.548. The number of carbonyl (C=O) groups excluding carboxylic acids is 1. The fourth-order valence-electron chi connectivity index (χ4n) is 1.45. The normalized spacial score (nSPS) is 11.5. The molecule has 5 heteroatoms. The third-order valence-corrected chi connectivity index (χ3v) is 3.51. The molecule has 1 aromatic heterocycles. The molecule has 0 saturated heterocycles. The van der Waals surface area contributed by atoms with Crippen LogP contribution in [-0.4, -0.2) is 23.2 Å². The average Bonchev–Trinajstić information content (AvgIpc) is 2.72. The number of aliphatic hydroxyl groups excluding tert-OH is 1. The highest BCUT2D eigenvalue weighted by atomic mass is 79.9. The van der Waals surface area contributed by atoms with E-state index in [2.05, 4.69) is 21.2 Å². The Morgan fingerprint density at radius 1 is 1.56 bits per heavy atom. The van der Waals surface area contributed by atoms with Crippen LogP contribution in [0.25, 0.3) is 0 Å². The van der Waals surface area contributed by atoms with E-state index in [-0.39, 0.29) is 12.5 Å². The van der Waals surface area contributed by atoms with Crippen molar-refractivity contribution < 1.29 is 14.3 Å². The van der Waals surface area contributed by atoms with E-state index in [9.17, 15) is 9.90 Å². The minimum absolute atomic E-state index is 0.0682. The number of hydrogen-bond donors (Lipinski definition) is 2. The zero-order valence-electron chi connectivity index (χ0n) is 9.42. The third kappa shape index (κ3) is 2.65. The molecular weight excluding hydrogens is 274 g/mol. The van der Waals surface area contributed by atoms with Crippen molar-refractivity contribution in [3.8, 4) is 0 Å². The summed E-state index contributed by atoms with van der Waals surface area (Å²) in [5, 5.41) is 12.2. The number of amides is 1. The second kappa shape index (κ2) is 5.50. The maximum Gasteiger partial charge on any atom is 0.256 e. The van der Waals surface area contributed by atoms with Crippen molar-refractivity contribution in [3.63, 3.8) is 0 Å². The largest absolute Gasteiger partial charge is 0.457 e. The quantitative estimate of drug-likeness (QED) is 0.874. The van der Waals surface area contributed by atoms with Gasteiger partial charge in [0.2, 0.25) is 0 Å². The second-order valence-corrected chi connectivity index (χ2v) is 4.43. The number of halogens is 1. The number of hydrogen-bond acceptors (Lipinski definition) is 3. The maximum absolute atomic E-state index is 11.9. The van der Waals surface area contributed by atoms with Gasteiger partial charge < -0.3 is 14.8 Å². The molecular formula is C11H16BrNO3. The van der Waals surface area contributed by atoms with E-state index in [1.54, 1.807) is 6.07 Å². The molecule has 0 atom stereocenters. The predicted molar refractivity (Wildman–Crippen MR) is 64.3 cm³/mol. The molecule has 0 unspecified atom stereocenters. The molecule has 0 aliphatic carbocycles. The zero-order chi connectivity index (χ0) is 12.2. The molecule has 0 aromatic carbocycles. The molecule has 1 amide bonds. The number of aliphatic hydroxyl groups is 1. The third-order valence-electron chi connectivity index (χ3n) is 2.90. The van der Waals surface area contributed by atoms with Gasteiger partial charge in [-0.15, -0.1) is 0 Å². The molecule has 0 aliphatic heterocycles. The van der Waals surface area contributed by atoms with Crippen LogP contribution in [0.2, 0.25) is 0 Å². The molecule has 16 heavy (non-hydrogen) atoms. The fraction of sp³-hybridized carbons (Fsp3) is 0.545. The minimum Gasteiger partial charge on any atom is -0.457 e. The van der Waals surface area contributed by atoms with Gasteiger partial charge in [-0.3, -0.25) is 4.79 Å². The predicted octanol–water partition coefficient (Wildman–Crippen LogP) is 2.32. The number of furan rings is 1. The monoisotopic (exact) mass is 289 g/mol. The highest BCUT2D eigenvalue weighted by Crippen LogP contribution is 2.20. The molecule has 1 rings (SSSR count). The van der Waals surface area contributed by atoms with Crippen molar-refractivity contribution in [2.45, 2.75) is 32.2 Å². The molecule has 0 bridgehead atoms. The van der Waals surface area contributed by atoms with Crippen LogP contribution >= 0.6 is 15.9 Å². The highest BCUT2D eigenvalue weighted by Gasteiger charge is 2.28. The topological polar surface area (TPSA) is 62.5 Å². The molecule has 4 nitrogen and oxygen atoms in total. The van der Waals surface area contributed by atoms with E-state index >= 15 is 0 Å². The summed E-state index contributed by atoms with van der Waals surface area (Å²) in [4.78, 5) is 11.9. The summed E-state index contributed by atoms with van der Waals surface area (Å²) < 4.78 is 5.40. The zero-order valence-corrected chi connectivity index (χ0v) is 11.0. The van der Waals surface area contributed by atoms with E-state index in [1.165, 1.54) is 6.26 Å². The molecule has 0 fully saturated rings. The highest BCUT2D eigenvalue weighted by molar-refractivity contribution is 9.10. The van der Waals surface area contributed by atoms with Gasteiger partial charge in [0.05, 0.1) is 24.0 Å². The van der Waals surface area contributed by atoms with Gasteiger partial charge in [-0.25, -0.2) is 0 Å². The van der Waals surface area contributed by atoms with E-state index < -0.39 is 5.54 Å². The Morgan fingerprint density at radius 3 is 2.56 bits per heavy atom. The lowest BCUT2D eigenvalue weighted by atomic mass is 9.93. The van der Waals surface area contributed by atoms with Gasteiger partial charge in [0.1, 0.15) is 0 Å². The van der Waals surface area contributed by atoms with Crippen LogP contribution in [0.5, 0.6) is 0 Å². The first-order chi connectivity index (χ1) is 7.58. The van der Waals surface area contributed by atoms with E-state index in [0.717, 1.165) is 0 Å². The lowest BCUT2D eigenvalue weighted by Crippen LogP contribution is -2.50. The summed E-state index contributed by atoms with van der Waals surface area (Å²) >= 11 is 3.15. The van der Waals surface area contributed by atoms with Crippen molar-refractivity contribution in [2.75, 3.05) is 6.61 Å². The van der Waals surface area contributed by atoms with Crippen LogP contribution in [0.1, 0.15) is 37.0 Å².